The number of fused-ring (bicyclic) bond motifs is 7. The van der Waals surface area contributed by atoms with Crippen LogP contribution in [0.25, 0.3) is 10.9 Å². The number of hydrogen-bond acceptors (Lipinski definition) is 20. The Balaban J connectivity index is 1.42. The number of rotatable bonds is 14. The van der Waals surface area contributed by atoms with Gasteiger partial charge in [-0.3, -0.25) is 76.9 Å². The molecule has 12 atom stereocenters. The minimum absolute atomic E-state index is 0.00320. The van der Waals surface area contributed by atoms with Crippen molar-refractivity contribution in [2.45, 2.75) is 151 Å². The van der Waals surface area contributed by atoms with Gasteiger partial charge in [0.1, 0.15) is 72.5 Å². The van der Waals surface area contributed by atoms with Crippen LogP contribution in [0.5, 0.6) is 0 Å². The van der Waals surface area contributed by atoms with Crippen molar-refractivity contribution < 1.29 is 82.1 Å². The molecule has 3 aliphatic heterocycles. The summed E-state index contributed by atoms with van der Waals surface area (Å²) in [4.78, 5) is 224. The van der Waals surface area contributed by atoms with E-state index in [0.29, 0.717) is 16.5 Å². The number of carboxylic acid groups (broad SMARTS) is 1. The molecule has 522 valence electrons. The highest BCUT2D eigenvalue weighted by atomic mass is 33.1. The zero-order chi connectivity index (χ0) is 70.3. The fourth-order valence-corrected chi connectivity index (χ4v) is 12.5. The van der Waals surface area contributed by atoms with Crippen molar-refractivity contribution >= 4 is 127 Å². The number of carboxylic acids is 1. The molecular formula is C57H80N20O17S2. The van der Waals surface area contributed by atoms with Crippen LogP contribution >= 0.6 is 21.6 Å². The summed E-state index contributed by atoms with van der Waals surface area (Å²) in [5, 5.41) is 50.5. The average Bonchev–Trinajstić information content (AvgIpc) is 1.69. The van der Waals surface area contributed by atoms with Crippen molar-refractivity contribution in [3.05, 3.63) is 54.2 Å². The summed E-state index contributed by atoms with van der Waals surface area (Å²) in [6.07, 6.45) is 1.19. The molecule has 22 N–H and O–H groups in total. The first-order chi connectivity index (χ1) is 45.6. The van der Waals surface area contributed by atoms with Crippen molar-refractivity contribution in [3.63, 3.8) is 0 Å². The van der Waals surface area contributed by atoms with Crippen LogP contribution < -0.4 is 81.0 Å². The number of aliphatic hydroxyl groups excluding tert-OH is 1. The second-order valence-electron chi connectivity index (χ2n) is 22.8. The molecular weight excluding hydrogens is 1300 g/mol. The number of aliphatic carboxylic acids is 1. The van der Waals surface area contributed by atoms with Crippen LogP contribution in [0.15, 0.2) is 48.0 Å². The number of nitrogens with two attached hydrogens (primary N) is 3. The Bertz CT molecular complexity index is 3400. The van der Waals surface area contributed by atoms with Crippen LogP contribution in [0.2, 0.25) is 0 Å². The number of amides is 14. The second-order valence-corrected chi connectivity index (χ2v) is 25.3. The summed E-state index contributed by atoms with van der Waals surface area (Å²) in [6, 6.07) is -12.2. The number of H-pyrrole nitrogens is 2. The van der Waals surface area contributed by atoms with Crippen LogP contribution in [0.4, 0.5) is 0 Å². The van der Waals surface area contributed by atoms with Crippen LogP contribution in [-0.2, 0) is 84.8 Å². The van der Waals surface area contributed by atoms with Crippen molar-refractivity contribution in [2.75, 3.05) is 37.7 Å². The topological polar surface area (TPSA) is 579 Å². The van der Waals surface area contributed by atoms with Gasteiger partial charge in [0.15, 0.2) is 5.96 Å². The first-order valence-corrected chi connectivity index (χ1v) is 33.0. The second kappa shape index (κ2) is 36.0. The molecule has 0 spiro atoms. The predicted molar refractivity (Wildman–Crippen MR) is 343 cm³/mol. The summed E-state index contributed by atoms with van der Waals surface area (Å²) in [5.41, 5.74) is 18.0. The Morgan fingerprint density at radius 1 is 0.615 bits per heavy atom. The van der Waals surface area contributed by atoms with E-state index in [1.54, 1.807) is 30.5 Å². The number of aromatic nitrogens is 3. The van der Waals surface area contributed by atoms with Gasteiger partial charge >= 0.3 is 5.97 Å². The maximum atomic E-state index is 14.9. The monoisotopic (exact) mass is 1380 g/mol. The molecule has 6 rings (SSSR count). The van der Waals surface area contributed by atoms with E-state index in [9.17, 15) is 82.1 Å². The number of carbonyl (C=O) groups excluding carboxylic acids is 14. The van der Waals surface area contributed by atoms with E-state index in [1.807, 2.05) is 0 Å². The smallest absolute Gasteiger partial charge is 0.303 e. The maximum Gasteiger partial charge on any atom is 0.303 e. The molecule has 14 amide bonds. The third kappa shape index (κ3) is 22.3. The molecule has 3 aliphatic rings. The number of aliphatic imine (C=N–C) groups is 1. The van der Waals surface area contributed by atoms with Gasteiger partial charge in [0.2, 0.25) is 82.7 Å². The van der Waals surface area contributed by atoms with E-state index in [-0.39, 0.29) is 63.3 Å². The van der Waals surface area contributed by atoms with E-state index in [0.717, 1.165) is 26.5 Å². The molecule has 0 radical (unpaired) electrons. The normalized spacial score (nSPS) is 26.6. The molecule has 96 heavy (non-hydrogen) atoms. The summed E-state index contributed by atoms with van der Waals surface area (Å²) >= 11 is 0. The van der Waals surface area contributed by atoms with E-state index < -0.39 is 205 Å². The third-order valence-corrected chi connectivity index (χ3v) is 17.8. The molecule has 37 nitrogen and oxygen atoms in total. The zero-order valence-electron chi connectivity index (χ0n) is 52.5. The number of hydrogen-bond donors (Lipinski definition) is 19. The van der Waals surface area contributed by atoms with Crippen molar-refractivity contribution in [2.24, 2.45) is 22.2 Å². The number of aromatic amines is 2. The van der Waals surface area contributed by atoms with Gasteiger partial charge in [0.05, 0.1) is 25.9 Å². The minimum atomic E-state index is -1.93. The molecule has 0 saturated carbocycles. The van der Waals surface area contributed by atoms with Crippen LogP contribution in [0.1, 0.15) is 77.0 Å². The number of imidazole rings is 1. The van der Waals surface area contributed by atoms with Gasteiger partial charge < -0.3 is 106 Å². The minimum Gasteiger partial charge on any atom is -0.481 e. The molecule has 2 bridgehead atoms. The lowest BCUT2D eigenvalue weighted by Crippen LogP contribution is -2.61. The Morgan fingerprint density at radius 2 is 1.17 bits per heavy atom. The summed E-state index contributed by atoms with van der Waals surface area (Å²) in [7, 11) is 1.63. The third-order valence-electron chi connectivity index (χ3n) is 15.4. The molecule has 0 unspecified atom stereocenters. The number of para-hydroxylation sites is 1. The molecule has 3 fully saturated rings. The first-order valence-electron chi connectivity index (χ1n) is 30.5. The molecule has 3 saturated heterocycles. The van der Waals surface area contributed by atoms with Crippen LogP contribution in [-0.4, -0.2) is 235 Å². The number of nitrogens with one attached hydrogen (secondary N) is 14. The molecule has 5 heterocycles. The van der Waals surface area contributed by atoms with Gasteiger partial charge in [-0.2, -0.15) is 0 Å². The number of guanidine groups is 1. The molecule has 3 aromatic rings. The Hall–Kier alpha value is -10.0. The van der Waals surface area contributed by atoms with Crippen molar-refractivity contribution in [1.29, 1.82) is 0 Å². The zero-order valence-corrected chi connectivity index (χ0v) is 54.1. The SMILES string of the molecule is C[C@@H]1NC(=O)[C@H](C)NC(=O)[C@H](Cc2cnc[nH]2)NC(=O)[C@H](CC(N)=O)NC(=O)[C@H](CCC(=O)O)NC(=O)[C@@H]2CSSC[C@H](NC(=O)[C@H](C)NC1=O)C(=O)N1CCC[C@H]1C(=O)N[C@@H](CO)C(=O)N[C@@H](Cc1c[nH]c3ccccc13)C(=O)N[C@@H](CCCN=C(N)N)C(=O)NCC(=O)N2. The lowest BCUT2D eigenvalue weighted by atomic mass is 10.0. The summed E-state index contributed by atoms with van der Waals surface area (Å²) in [5.74, 6) is -17.2. The number of aliphatic hydroxyl groups is 1. The highest BCUT2D eigenvalue weighted by molar-refractivity contribution is 8.76. The highest BCUT2D eigenvalue weighted by Gasteiger charge is 2.41. The number of benzene rings is 1. The largest absolute Gasteiger partial charge is 0.481 e. The fourth-order valence-electron chi connectivity index (χ4n) is 10.2. The number of nitrogens with zero attached hydrogens (tertiary/aromatic N) is 3. The number of primary amides is 1. The van der Waals surface area contributed by atoms with E-state index in [4.69, 9.17) is 17.2 Å². The van der Waals surface area contributed by atoms with Crippen LogP contribution in [0, 0.1) is 0 Å². The van der Waals surface area contributed by atoms with Gasteiger partial charge in [-0.15, -0.1) is 0 Å². The van der Waals surface area contributed by atoms with Gasteiger partial charge in [0, 0.05) is 72.8 Å². The van der Waals surface area contributed by atoms with E-state index >= 15 is 0 Å². The highest BCUT2D eigenvalue weighted by Crippen LogP contribution is 2.27. The molecule has 0 aliphatic carbocycles. The molecule has 2 aromatic heterocycles. The van der Waals surface area contributed by atoms with Gasteiger partial charge in [0.25, 0.3) is 0 Å². The quantitative estimate of drug-likeness (QED) is 0.0308. The lowest BCUT2D eigenvalue weighted by molar-refractivity contribution is -0.142. The van der Waals surface area contributed by atoms with Crippen LogP contribution in [0.3, 0.4) is 0 Å². The molecule has 39 heteroatoms. The Morgan fingerprint density at radius 3 is 1.80 bits per heavy atom. The van der Waals surface area contributed by atoms with Crippen molar-refractivity contribution in [3.8, 4) is 0 Å². The van der Waals surface area contributed by atoms with Gasteiger partial charge in [-0.25, -0.2) is 4.98 Å². The standard InChI is InChI=1S/C57H80N20O17S2/c1-26-45(83)67-28(3)47(85)76-40-24-96-95-23-39(54(92)71-34(12-13-44(81)82)49(87)74-37(18-42(58)79)52(90)73-36(17-30-20-61-25-65-30)50(88)68-27(2)46(84)66-26)69-43(80)21-64-48(86)33(10-6-14-62-57(59)60)70-51(89)35(16-29-19-63-32-9-5-4-8-31(29)32)72-53(91)38(22-78)75-55(93)41-11-7-15-77(41)56(40)94/h4-5,8-9,19-20,25-28,33-41,63,78H,6-7,10-18,21-24H2,1-3H3,(H2,58,79)(H,61,65)(H,64,86)(H,66,84)(H,67,83)(H,68,88)(H,69,80)(H,70,89)(H,71,92)(H,72,91)(H,73,90)(H,74,87)(H,75,93)(H,76,85)(H,81,82)(H4,59,60,62)/t26-,27-,28-,33-,34-,35-,36-,37-,38-,39-,40-,41-/m0/s1. The summed E-state index contributed by atoms with van der Waals surface area (Å²) in [6.45, 7) is 1.66. The Labute approximate surface area is 556 Å². The van der Waals surface area contributed by atoms with Crippen molar-refractivity contribution in [1.82, 2.24) is 83.7 Å². The van der Waals surface area contributed by atoms with E-state index in [2.05, 4.69) is 83.7 Å². The predicted octanol–water partition coefficient (Wildman–Crippen LogP) is -7.63. The van der Waals surface area contributed by atoms with Gasteiger partial charge in [-0.1, -0.05) is 39.8 Å². The van der Waals surface area contributed by atoms with Gasteiger partial charge in [-0.05, 0) is 64.5 Å². The Kier molecular flexibility index (Phi) is 28.1. The summed E-state index contributed by atoms with van der Waals surface area (Å²) < 4.78 is 0. The first kappa shape index (κ1) is 75.0. The lowest BCUT2D eigenvalue weighted by Gasteiger charge is -2.30. The fraction of sp³-hybridized carbons (Fsp3) is 0.526. The number of carbonyl (C=O) groups is 15. The maximum absolute atomic E-state index is 14.9. The average molecular weight is 1380 g/mol. The molecule has 1 aromatic carbocycles. The van der Waals surface area contributed by atoms with E-state index in [1.165, 1.54) is 33.3 Å².